The first-order valence-corrected chi connectivity index (χ1v) is 8.32. The molecule has 0 bridgehead atoms. The van der Waals surface area contributed by atoms with Gasteiger partial charge in [-0.2, -0.15) is 18.2 Å². The van der Waals surface area contributed by atoms with E-state index < -0.39 is 17.8 Å². The lowest BCUT2D eigenvalue weighted by Gasteiger charge is -2.23. The van der Waals surface area contributed by atoms with Crippen molar-refractivity contribution < 1.29 is 22.8 Å². The minimum absolute atomic E-state index is 0.305. The van der Waals surface area contributed by atoms with Gasteiger partial charge in [-0.15, -0.1) is 0 Å². The molecule has 134 valence electrons. The van der Waals surface area contributed by atoms with Crippen molar-refractivity contribution in [1.82, 2.24) is 15.0 Å². The van der Waals surface area contributed by atoms with E-state index in [0.29, 0.717) is 42.7 Å². The molecule has 0 spiro atoms. The van der Waals surface area contributed by atoms with E-state index >= 15 is 0 Å². The van der Waals surface area contributed by atoms with Gasteiger partial charge in [0.05, 0.1) is 18.2 Å². The fourth-order valence-electron chi connectivity index (χ4n) is 3.33. The molecule has 8 heteroatoms. The SMILES string of the molecule is O[C@H]1C[C@@H](c2cccc(C(F)(F)F)c2)N(Cc2noc(C3CC3)n2)C1. The van der Waals surface area contributed by atoms with Crippen LogP contribution in [0, 0.1) is 0 Å². The fourth-order valence-corrected chi connectivity index (χ4v) is 3.33. The first-order valence-electron chi connectivity index (χ1n) is 8.32. The van der Waals surface area contributed by atoms with Gasteiger partial charge in [0, 0.05) is 18.5 Å². The summed E-state index contributed by atoms with van der Waals surface area (Å²) in [5.74, 6) is 1.49. The van der Waals surface area contributed by atoms with Crippen molar-refractivity contribution in [2.75, 3.05) is 6.54 Å². The number of hydrogen-bond donors (Lipinski definition) is 1. The Bertz CT molecular complexity index is 758. The van der Waals surface area contributed by atoms with Crippen molar-refractivity contribution >= 4 is 0 Å². The third kappa shape index (κ3) is 3.55. The summed E-state index contributed by atoms with van der Waals surface area (Å²) in [5.41, 5.74) is -0.140. The molecule has 1 aromatic carbocycles. The summed E-state index contributed by atoms with van der Waals surface area (Å²) in [4.78, 5) is 6.27. The van der Waals surface area contributed by atoms with Crippen LogP contribution < -0.4 is 0 Å². The average molecular weight is 353 g/mol. The lowest BCUT2D eigenvalue weighted by Crippen LogP contribution is -2.25. The van der Waals surface area contributed by atoms with Gasteiger partial charge in [0.2, 0.25) is 5.89 Å². The highest BCUT2D eigenvalue weighted by Gasteiger charge is 2.36. The van der Waals surface area contributed by atoms with E-state index in [9.17, 15) is 18.3 Å². The zero-order valence-electron chi connectivity index (χ0n) is 13.4. The Labute approximate surface area is 142 Å². The molecule has 2 atom stereocenters. The van der Waals surface area contributed by atoms with Gasteiger partial charge >= 0.3 is 6.18 Å². The number of alkyl halides is 3. The average Bonchev–Trinajstić information content (AvgIpc) is 3.20. The molecular formula is C17H18F3N3O2. The third-order valence-corrected chi connectivity index (χ3v) is 4.73. The number of halogens is 3. The predicted octanol–water partition coefficient (Wildman–Crippen LogP) is 3.27. The summed E-state index contributed by atoms with van der Waals surface area (Å²) in [6.45, 7) is 0.711. The van der Waals surface area contributed by atoms with Crippen LogP contribution in [-0.4, -0.2) is 32.8 Å². The van der Waals surface area contributed by atoms with E-state index in [0.717, 1.165) is 25.0 Å². The molecule has 2 aromatic rings. The first-order chi connectivity index (χ1) is 11.9. The molecule has 2 aliphatic rings. The van der Waals surface area contributed by atoms with Crippen LogP contribution in [0.15, 0.2) is 28.8 Å². The van der Waals surface area contributed by atoms with Crippen LogP contribution in [0.5, 0.6) is 0 Å². The molecule has 4 rings (SSSR count). The second-order valence-corrected chi connectivity index (χ2v) is 6.78. The van der Waals surface area contributed by atoms with E-state index in [-0.39, 0.29) is 6.04 Å². The monoisotopic (exact) mass is 353 g/mol. The molecule has 1 N–H and O–H groups in total. The molecular weight excluding hydrogens is 335 g/mol. The smallest absolute Gasteiger partial charge is 0.392 e. The highest BCUT2D eigenvalue weighted by atomic mass is 19.4. The van der Waals surface area contributed by atoms with Crippen LogP contribution in [0.1, 0.15) is 54.1 Å². The maximum Gasteiger partial charge on any atom is 0.416 e. The van der Waals surface area contributed by atoms with Crippen molar-refractivity contribution in [3.63, 3.8) is 0 Å². The molecule has 0 radical (unpaired) electrons. The quantitative estimate of drug-likeness (QED) is 0.914. The molecule has 5 nitrogen and oxygen atoms in total. The number of aliphatic hydroxyl groups is 1. The first kappa shape index (κ1) is 16.5. The van der Waals surface area contributed by atoms with Crippen LogP contribution >= 0.6 is 0 Å². The van der Waals surface area contributed by atoms with Crippen LogP contribution in [0.25, 0.3) is 0 Å². The van der Waals surface area contributed by atoms with Crippen molar-refractivity contribution in [3.8, 4) is 0 Å². The molecule has 25 heavy (non-hydrogen) atoms. The number of aliphatic hydroxyl groups excluding tert-OH is 1. The summed E-state index contributed by atoms with van der Waals surface area (Å²) < 4.78 is 44.1. The zero-order chi connectivity index (χ0) is 17.6. The maximum atomic E-state index is 13.0. The lowest BCUT2D eigenvalue weighted by molar-refractivity contribution is -0.137. The Kier molecular flexibility index (Phi) is 4.04. The summed E-state index contributed by atoms with van der Waals surface area (Å²) in [6, 6.07) is 4.97. The molecule has 0 amide bonds. The Morgan fingerprint density at radius 3 is 2.80 bits per heavy atom. The second-order valence-electron chi connectivity index (χ2n) is 6.78. The van der Waals surface area contributed by atoms with Crippen LogP contribution in [0.2, 0.25) is 0 Å². The number of likely N-dealkylation sites (tertiary alicyclic amines) is 1. The minimum Gasteiger partial charge on any atom is -0.392 e. The predicted molar refractivity (Wildman–Crippen MR) is 81.5 cm³/mol. The highest BCUT2D eigenvalue weighted by Crippen LogP contribution is 2.40. The van der Waals surface area contributed by atoms with Crippen molar-refractivity contribution in [2.45, 2.75) is 50.0 Å². The number of nitrogens with zero attached hydrogens (tertiary/aromatic N) is 3. The van der Waals surface area contributed by atoms with Crippen LogP contribution in [0.4, 0.5) is 13.2 Å². The summed E-state index contributed by atoms with van der Waals surface area (Å²) in [5, 5.41) is 14.0. The topological polar surface area (TPSA) is 62.4 Å². The Morgan fingerprint density at radius 1 is 1.28 bits per heavy atom. The van der Waals surface area contributed by atoms with E-state index in [1.807, 2.05) is 4.90 Å². The molecule has 1 aromatic heterocycles. The number of rotatable bonds is 4. The molecule has 2 heterocycles. The summed E-state index contributed by atoms with van der Waals surface area (Å²) in [6.07, 6.45) is -2.48. The van der Waals surface area contributed by atoms with Gasteiger partial charge in [-0.25, -0.2) is 0 Å². The lowest BCUT2D eigenvalue weighted by atomic mass is 10.0. The van der Waals surface area contributed by atoms with Crippen molar-refractivity contribution in [3.05, 3.63) is 47.1 Å². The highest BCUT2D eigenvalue weighted by molar-refractivity contribution is 5.29. The molecule has 1 aliphatic heterocycles. The molecule has 1 saturated carbocycles. The van der Waals surface area contributed by atoms with Gasteiger partial charge < -0.3 is 9.63 Å². The molecule has 2 fully saturated rings. The number of benzene rings is 1. The largest absolute Gasteiger partial charge is 0.416 e. The minimum atomic E-state index is -4.38. The summed E-state index contributed by atoms with van der Waals surface area (Å²) >= 11 is 0. The normalized spacial score (nSPS) is 24.8. The fraction of sp³-hybridized carbons (Fsp3) is 0.529. The zero-order valence-corrected chi connectivity index (χ0v) is 13.4. The van der Waals surface area contributed by atoms with Gasteiger partial charge in [0.15, 0.2) is 5.82 Å². The van der Waals surface area contributed by atoms with Gasteiger partial charge in [-0.3, -0.25) is 4.90 Å². The number of hydrogen-bond acceptors (Lipinski definition) is 5. The number of β-amino-alcohol motifs (C(OH)–C–C–N with tert-alkyl or cyclic N) is 1. The van der Waals surface area contributed by atoms with Gasteiger partial charge in [0.1, 0.15) is 0 Å². The Morgan fingerprint density at radius 2 is 2.08 bits per heavy atom. The molecule has 1 saturated heterocycles. The number of aromatic nitrogens is 2. The third-order valence-electron chi connectivity index (χ3n) is 4.73. The van der Waals surface area contributed by atoms with Gasteiger partial charge in [0.25, 0.3) is 0 Å². The van der Waals surface area contributed by atoms with E-state index in [1.165, 1.54) is 6.07 Å². The van der Waals surface area contributed by atoms with E-state index in [4.69, 9.17) is 4.52 Å². The summed E-state index contributed by atoms with van der Waals surface area (Å²) in [7, 11) is 0. The molecule has 1 aliphatic carbocycles. The Balaban J connectivity index is 1.54. The second kappa shape index (κ2) is 6.10. The van der Waals surface area contributed by atoms with E-state index in [2.05, 4.69) is 10.1 Å². The maximum absolute atomic E-state index is 13.0. The Hall–Kier alpha value is -1.93. The van der Waals surface area contributed by atoms with Crippen molar-refractivity contribution in [2.24, 2.45) is 0 Å². The van der Waals surface area contributed by atoms with Crippen LogP contribution in [-0.2, 0) is 12.7 Å². The van der Waals surface area contributed by atoms with Crippen LogP contribution in [0.3, 0.4) is 0 Å². The van der Waals surface area contributed by atoms with Gasteiger partial charge in [-0.05, 0) is 37.0 Å². The molecule has 0 unspecified atom stereocenters. The standard InChI is InChI=1S/C17H18F3N3O2/c18-17(19,20)12-3-1-2-11(6-12)14-7-13(24)8-23(14)9-15-21-16(25-22-15)10-4-5-10/h1-3,6,10,13-14,24H,4-5,7-9H2/t13-,14-/m0/s1. The van der Waals surface area contributed by atoms with Gasteiger partial charge in [-0.1, -0.05) is 17.3 Å². The van der Waals surface area contributed by atoms with E-state index in [1.54, 1.807) is 6.07 Å². The van der Waals surface area contributed by atoms with Crippen molar-refractivity contribution in [1.29, 1.82) is 0 Å².